The second-order valence-electron chi connectivity index (χ2n) is 5.36. The molecular formula is C13H20N4OS. The van der Waals surface area contributed by atoms with Gasteiger partial charge in [0.2, 0.25) is 0 Å². The Morgan fingerprint density at radius 3 is 2.63 bits per heavy atom. The van der Waals surface area contributed by atoms with Crippen LogP contribution in [0.15, 0.2) is 0 Å². The van der Waals surface area contributed by atoms with Gasteiger partial charge in [0, 0.05) is 19.1 Å². The van der Waals surface area contributed by atoms with Crippen molar-refractivity contribution < 1.29 is 4.79 Å². The molecule has 1 amide bonds. The lowest BCUT2D eigenvalue weighted by Crippen LogP contribution is -2.39. The van der Waals surface area contributed by atoms with Crippen LogP contribution in [0.1, 0.15) is 48.2 Å². The molecule has 2 heterocycles. The lowest BCUT2D eigenvalue weighted by Gasteiger charge is -2.26. The highest BCUT2D eigenvalue weighted by Crippen LogP contribution is 2.30. The van der Waals surface area contributed by atoms with Crippen LogP contribution in [0.3, 0.4) is 0 Å². The van der Waals surface area contributed by atoms with E-state index < -0.39 is 0 Å². The van der Waals surface area contributed by atoms with E-state index in [-0.39, 0.29) is 5.91 Å². The quantitative estimate of drug-likeness (QED) is 0.888. The van der Waals surface area contributed by atoms with Crippen molar-refractivity contribution in [2.24, 2.45) is 0 Å². The molecule has 0 atom stereocenters. The SMILES string of the molecule is Nc1nc(N2CCCCC2)sc1C(=O)NC1CCC1. The van der Waals surface area contributed by atoms with Gasteiger partial charge in [-0.2, -0.15) is 0 Å². The Kier molecular flexibility index (Phi) is 3.59. The fourth-order valence-corrected chi connectivity index (χ4v) is 3.45. The van der Waals surface area contributed by atoms with E-state index in [1.54, 1.807) is 0 Å². The second kappa shape index (κ2) is 5.36. The summed E-state index contributed by atoms with van der Waals surface area (Å²) in [5.74, 6) is 0.324. The first kappa shape index (κ1) is 12.7. The molecule has 0 radical (unpaired) electrons. The Morgan fingerprint density at radius 2 is 2.00 bits per heavy atom. The smallest absolute Gasteiger partial charge is 0.265 e. The van der Waals surface area contributed by atoms with Crippen molar-refractivity contribution in [3.05, 3.63) is 4.88 Å². The Balaban J connectivity index is 1.70. The maximum absolute atomic E-state index is 12.1. The van der Waals surface area contributed by atoms with E-state index in [2.05, 4.69) is 15.2 Å². The number of amides is 1. The van der Waals surface area contributed by atoms with E-state index in [4.69, 9.17) is 5.73 Å². The summed E-state index contributed by atoms with van der Waals surface area (Å²) in [6, 6.07) is 0.340. The van der Waals surface area contributed by atoms with E-state index in [1.807, 2.05) is 0 Å². The molecule has 6 heteroatoms. The minimum absolute atomic E-state index is 0.0528. The number of piperidine rings is 1. The summed E-state index contributed by atoms with van der Waals surface area (Å²) in [7, 11) is 0. The van der Waals surface area contributed by atoms with Crippen LogP contribution in [0.25, 0.3) is 0 Å². The molecule has 2 aliphatic rings. The van der Waals surface area contributed by atoms with Crippen molar-refractivity contribution in [1.29, 1.82) is 0 Å². The lowest BCUT2D eigenvalue weighted by molar-refractivity contribution is 0.0922. The summed E-state index contributed by atoms with van der Waals surface area (Å²) in [4.78, 5) is 19.3. The van der Waals surface area contributed by atoms with Crippen molar-refractivity contribution in [2.75, 3.05) is 23.7 Å². The molecule has 0 aromatic carbocycles. The number of aromatic nitrogens is 1. The van der Waals surface area contributed by atoms with Gasteiger partial charge in [-0.05, 0) is 38.5 Å². The minimum atomic E-state index is -0.0528. The van der Waals surface area contributed by atoms with Crippen molar-refractivity contribution in [1.82, 2.24) is 10.3 Å². The minimum Gasteiger partial charge on any atom is -0.382 e. The van der Waals surface area contributed by atoms with Crippen LogP contribution in [0.4, 0.5) is 10.9 Å². The van der Waals surface area contributed by atoms with Crippen molar-refractivity contribution >= 4 is 28.2 Å². The average molecular weight is 280 g/mol. The highest BCUT2D eigenvalue weighted by Gasteiger charge is 2.24. The first-order chi connectivity index (χ1) is 9.24. The zero-order valence-electron chi connectivity index (χ0n) is 11.0. The number of nitrogens with two attached hydrogens (primary N) is 1. The van der Waals surface area contributed by atoms with Crippen molar-refractivity contribution in [2.45, 2.75) is 44.6 Å². The fourth-order valence-electron chi connectivity index (χ4n) is 2.51. The zero-order valence-corrected chi connectivity index (χ0v) is 11.8. The molecule has 5 nitrogen and oxygen atoms in total. The molecule has 3 rings (SSSR count). The molecule has 1 aliphatic carbocycles. The monoisotopic (exact) mass is 280 g/mol. The first-order valence-corrected chi connectivity index (χ1v) is 7.88. The number of hydrogen-bond donors (Lipinski definition) is 2. The Bertz CT molecular complexity index is 463. The summed E-state index contributed by atoms with van der Waals surface area (Å²) in [5.41, 5.74) is 5.90. The molecule has 1 saturated heterocycles. The summed E-state index contributed by atoms with van der Waals surface area (Å²) >= 11 is 1.43. The number of carbonyl (C=O) groups is 1. The number of carbonyl (C=O) groups excluding carboxylic acids is 1. The first-order valence-electron chi connectivity index (χ1n) is 7.06. The molecule has 104 valence electrons. The number of rotatable bonds is 3. The standard InChI is InChI=1S/C13H20N4OS/c14-11-10(12(18)15-9-5-4-6-9)19-13(16-11)17-7-2-1-3-8-17/h9H,1-8,14H2,(H,15,18). The Morgan fingerprint density at radius 1 is 1.26 bits per heavy atom. The second-order valence-corrected chi connectivity index (χ2v) is 6.34. The predicted molar refractivity (Wildman–Crippen MR) is 77.7 cm³/mol. The van der Waals surface area contributed by atoms with E-state index >= 15 is 0 Å². The van der Waals surface area contributed by atoms with Gasteiger partial charge in [-0.15, -0.1) is 0 Å². The van der Waals surface area contributed by atoms with Gasteiger partial charge in [0.15, 0.2) is 5.13 Å². The van der Waals surface area contributed by atoms with E-state index in [1.165, 1.54) is 37.0 Å². The number of nitrogens with one attached hydrogen (secondary N) is 1. The third kappa shape index (κ3) is 2.68. The molecule has 0 bridgehead atoms. The van der Waals surface area contributed by atoms with Gasteiger partial charge in [-0.1, -0.05) is 11.3 Å². The van der Waals surface area contributed by atoms with Gasteiger partial charge >= 0.3 is 0 Å². The van der Waals surface area contributed by atoms with Crippen LogP contribution in [-0.2, 0) is 0 Å². The Hall–Kier alpha value is -1.30. The van der Waals surface area contributed by atoms with Gasteiger partial charge in [0.1, 0.15) is 10.7 Å². The normalized spacial score (nSPS) is 20.1. The van der Waals surface area contributed by atoms with Gasteiger partial charge in [0.05, 0.1) is 0 Å². The van der Waals surface area contributed by atoms with Crippen LogP contribution in [0.2, 0.25) is 0 Å². The average Bonchev–Trinajstić information content (AvgIpc) is 2.77. The number of thiazole rings is 1. The molecule has 19 heavy (non-hydrogen) atoms. The molecule has 0 spiro atoms. The third-order valence-electron chi connectivity index (χ3n) is 3.92. The number of anilines is 2. The Labute approximate surface area is 117 Å². The van der Waals surface area contributed by atoms with Gasteiger partial charge in [0.25, 0.3) is 5.91 Å². The maximum Gasteiger partial charge on any atom is 0.265 e. The predicted octanol–water partition coefficient (Wildman–Crippen LogP) is 2.00. The number of nitrogen functional groups attached to an aromatic ring is 1. The van der Waals surface area contributed by atoms with E-state index in [9.17, 15) is 4.79 Å². The highest BCUT2D eigenvalue weighted by atomic mass is 32.1. The summed E-state index contributed by atoms with van der Waals surface area (Å²) in [6.45, 7) is 2.05. The summed E-state index contributed by atoms with van der Waals surface area (Å²) < 4.78 is 0. The molecule has 1 saturated carbocycles. The fraction of sp³-hybridized carbons (Fsp3) is 0.692. The zero-order chi connectivity index (χ0) is 13.2. The molecular weight excluding hydrogens is 260 g/mol. The van der Waals surface area contributed by atoms with Crippen molar-refractivity contribution in [3.8, 4) is 0 Å². The lowest BCUT2D eigenvalue weighted by atomic mass is 9.93. The molecule has 2 fully saturated rings. The van der Waals surface area contributed by atoms with E-state index in [0.717, 1.165) is 31.1 Å². The molecule has 1 aromatic heterocycles. The third-order valence-corrected chi connectivity index (χ3v) is 5.05. The van der Waals surface area contributed by atoms with Crippen LogP contribution in [0, 0.1) is 0 Å². The molecule has 1 aromatic rings. The van der Waals surface area contributed by atoms with Gasteiger partial charge in [-0.25, -0.2) is 4.98 Å². The molecule has 1 aliphatic heterocycles. The van der Waals surface area contributed by atoms with Gasteiger partial charge < -0.3 is 16.0 Å². The van der Waals surface area contributed by atoms with Crippen LogP contribution < -0.4 is 16.0 Å². The molecule has 0 unspecified atom stereocenters. The highest BCUT2D eigenvalue weighted by molar-refractivity contribution is 7.18. The summed E-state index contributed by atoms with van der Waals surface area (Å²) in [5, 5.41) is 3.92. The van der Waals surface area contributed by atoms with Crippen LogP contribution in [-0.4, -0.2) is 30.0 Å². The number of hydrogen-bond acceptors (Lipinski definition) is 5. The van der Waals surface area contributed by atoms with E-state index in [0.29, 0.717) is 16.7 Å². The summed E-state index contributed by atoms with van der Waals surface area (Å²) in [6.07, 6.45) is 7.06. The maximum atomic E-state index is 12.1. The number of nitrogens with zero attached hydrogens (tertiary/aromatic N) is 2. The largest absolute Gasteiger partial charge is 0.382 e. The van der Waals surface area contributed by atoms with Crippen LogP contribution in [0.5, 0.6) is 0 Å². The topological polar surface area (TPSA) is 71.2 Å². The van der Waals surface area contributed by atoms with Gasteiger partial charge in [-0.3, -0.25) is 4.79 Å². The van der Waals surface area contributed by atoms with Crippen molar-refractivity contribution in [3.63, 3.8) is 0 Å². The molecule has 3 N–H and O–H groups in total. The van der Waals surface area contributed by atoms with Crippen LogP contribution >= 0.6 is 11.3 Å².